The predicted octanol–water partition coefficient (Wildman–Crippen LogP) is 2.98. The van der Waals surface area contributed by atoms with E-state index in [1.807, 2.05) is 0 Å². The van der Waals surface area contributed by atoms with E-state index < -0.39 is 36.0 Å². The van der Waals surface area contributed by atoms with Crippen LogP contribution in [0.3, 0.4) is 0 Å². The largest absolute Gasteiger partial charge is 0.494 e. The molecule has 0 aliphatic carbocycles. The summed E-state index contributed by atoms with van der Waals surface area (Å²) in [5.74, 6) is -1.98. The fourth-order valence-corrected chi connectivity index (χ4v) is 4.85. The van der Waals surface area contributed by atoms with Crippen LogP contribution < -0.4 is 14.5 Å². The molecule has 11 heteroatoms. The topological polar surface area (TPSA) is 118 Å². The second-order valence-electron chi connectivity index (χ2n) is 9.60. The highest BCUT2D eigenvalue weighted by atomic mass is 35.5. The number of aliphatic carboxylic acids is 1. The molecule has 2 N–H and O–H groups in total. The minimum atomic E-state index is -1.34. The van der Waals surface area contributed by atoms with Gasteiger partial charge in [0.15, 0.2) is 12.2 Å². The summed E-state index contributed by atoms with van der Waals surface area (Å²) in [6.07, 6.45) is 2.16. The number of carbonyl (C=O) groups is 3. The molecule has 0 aromatic heterocycles. The summed E-state index contributed by atoms with van der Waals surface area (Å²) in [7, 11) is 0. The van der Waals surface area contributed by atoms with Gasteiger partial charge in [-0.2, -0.15) is 0 Å². The number of likely N-dealkylation sites (tertiary alicyclic amines) is 1. The molecule has 2 aliphatic rings. The van der Waals surface area contributed by atoms with Crippen molar-refractivity contribution >= 4 is 35.2 Å². The average Bonchev–Trinajstić information content (AvgIpc) is 3.46. The fourth-order valence-electron chi connectivity index (χ4n) is 4.65. The number of nitrogens with zero attached hydrogens (tertiary/aromatic N) is 2. The van der Waals surface area contributed by atoms with Crippen LogP contribution in [-0.4, -0.2) is 79.1 Å². The summed E-state index contributed by atoms with van der Waals surface area (Å²) in [5, 5.41) is 12.2. The van der Waals surface area contributed by atoms with E-state index in [-0.39, 0.29) is 13.2 Å². The van der Waals surface area contributed by atoms with Crippen LogP contribution >= 0.6 is 11.8 Å². The molecule has 2 aromatic carbocycles. The van der Waals surface area contributed by atoms with Gasteiger partial charge in [0.2, 0.25) is 0 Å². The van der Waals surface area contributed by atoms with Crippen molar-refractivity contribution in [2.45, 2.75) is 50.4 Å². The lowest BCUT2D eigenvalue weighted by molar-refractivity contribution is -0.144. The molecule has 2 fully saturated rings. The third kappa shape index (κ3) is 8.15. The summed E-state index contributed by atoms with van der Waals surface area (Å²) in [5.41, 5.74) is 1.10. The van der Waals surface area contributed by atoms with Gasteiger partial charge in [-0.3, -0.25) is 9.59 Å². The highest BCUT2D eigenvalue weighted by Crippen LogP contribution is 2.23. The molecule has 210 valence electrons. The summed E-state index contributed by atoms with van der Waals surface area (Å²) < 4.78 is 17.3. The standard InChI is InChI=1S/C28H34ClN3O7/c29-32(21-8-3-1-4-9-21)27(34)25-24(38-19-39-25)26(33)30-23(28(35)36)18-20-10-12-22(13-11-20)37-17-7-16-31-14-5-2-6-15-31/h1,3-4,8-13,23-25H,2,5-7,14-19H2,(H,30,33)(H,35,36)/t23?,24-,25-/m1/s1. The molecule has 10 nitrogen and oxygen atoms in total. The van der Waals surface area contributed by atoms with Crippen LogP contribution in [0.2, 0.25) is 0 Å². The van der Waals surface area contributed by atoms with Crippen LogP contribution in [0, 0.1) is 0 Å². The smallest absolute Gasteiger partial charge is 0.326 e. The van der Waals surface area contributed by atoms with Gasteiger partial charge >= 0.3 is 5.97 Å². The van der Waals surface area contributed by atoms with Crippen molar-refractivity contribution in [2.75, 3.05) is 37.5 Å². The van der Waals surface area contributed by atoms with Gasteiger partial charge in [-0.25, -0.2) is 9.21 Å². The maximum atomic E-state index is 12.9. The Morgan fingerprint density at radius 3 is 2.41 bits per heavy atom. The van der Waals surface area contributed by atoms with Gasteiger partial charge in [-0.15, -0.1) is 0 Å². The number of piperidine rings is 1. The number of hydrogen-bond donors (Lipinski definition) is 2. The Labute approximate surface area is 232 Å². The summed E-state index contributed by atoms with van der Waals surface area (Å²) in [6, 6.07) is 14.3. The Morgan fingerprint density at radius 1 is 1.03 bits per heavy atom. The molecule has 0 radical (unpaired) electrons. The SMILES string of the molecule is O=C(O)C(Cc1ccc(OCCCN2CCCCC2)cc1)NC(=O)[C@@H]1OCO[C@H]1C(=O)N(Cl)c1ccccc1. The van der Waals surface area contributed by atoms with Gasteiger partial charge in [-0.1, -0.05) is 36.8 Å². The van der Waals surface area contributed by atoms with Crippen LogP contribution in [0.4, 0.5) is 5.69 Å². The van der Waals surface area contributed by atoms with Gasteiger partial charge in [0.05, 0.1) is 12.3 Å². The molecule has 3 atom stereocenters. The van der Waals surface area contributed by atoms with Crippen molar-refractivity contribution in [1.29, 1.82) is 0 Å². The average molecular weight is 560 g/mol. The van der Waals surface area contributed by atoms with E-state index in [0.717, 1.165) is 30.5 Å². The zero-order valence-corrected chi connectivity index (χ0v) is 22.4. The van der Waals surface area contributed by atoms with Crippen molar-refractivity contribution in [3.63, 3.8) is 0 Å². The van der Waals surface area contributed by atoms with Gasteiger partial charge in [0.1, 0.15) is 18.6 Å². The number of benzene rings is 2. The second kappa shape index (κ2) is 14.3. The van der Waals surface area contributed by atoms with E-state index in [9.17, 15) is 19.5 Å². The zero-order valence-electron chi connectivity index (χ0n) is 21.7. The van der Waals surface area contributed by atoms with Gasteiger partial charge in [0.25, 0.3) is 11.8 Å². The van der Waals surface area contributed by atoms with E-state index in [0.29, 0.717) is 23.6 Å². The van der Waals surface area contributed by atoms with Crippen LogP contribution in [-0.2, 0) is 30.3 Å². The number of hydrogen-bond acceptors (Lipinski definition) is 7. The summed E-state index contributed by atoms with van der Waals surface area (Å²) in [4.78, 5) is 40.2. The first-order valence-electron chi connectivity index (χ1n) is 13.2. The number of ether oxygens (including phenoxy) is 3. The van der Waals surface area contributed by atoms with Crippen molar-refractivity contribution in [2.24, 2.45) is 0 Å². The lowest BCUT2D eigenvalue weighted by Gasteiger charge is -2.26. The highest BCUT2D eigenvalue weighted by Gasteiger charge is 2.43. The van der Waals surface area contributed by atoms with Crippen LogP contribution in [0.15, 0.2) is 54.6 Å². The maximum absolute atomic E-state index is 12.9. The Bertz CT molecular complexity index is 1100. The first-order valence-corrected chi connectivity index (χ1v) is 13.5. The fraction of sp³-hybridized carbons (Fsp3) is 0.464. The molecule has 2 aromatic rings. The molecule has 1 unspecified atom stereocenters. The van der Waals surface area contributed by atoms with Crippen LogP contribution in [0.5, 0.6) is 5.75 Å². The lowest BCUT2D eigenvalue weighted by Crippen LogP contribution is -2.52. The van der Waals surface area contributed by atoms with E-state index >= 15 is 0 Å². The molecule has 0 bridgehead atoms. The maximum Gasteiger partial charge on any atom is 0.326 e. The third-order valence-corrected chi connectivity index (χ3v) is 7.12. The van der Waals surface area contributed by atoms with Crippen molar-refractivity contribution in [3.8, 4) is 5.75 Å². The normalized spacial score (nSPS) is 20.2. The quantitative estimate of drug-likeness (QED) is 0.301. The molecule has 2 aliphatic heterocycles. The first kappa shape index (κ1) is 28.8. The zero-order chi connectivity index (χ0) is 27.6. The van der Waals surface area contributed by atoms with E-state index in [1.165, 1.54) is 19.3 Å². The number of carboxylic acids is 1. The molecule has 0 spiro atoms. The Hall–Kier alpha value is -3.18. The number of halogens is 1. The number of carbonyl (C=O) groups excluding carboxylic acids is 2. The molecule has 39 heavy (non-hydrogen) atoms. The van der Waals surface area contributed by atoms with Crippen molar-refractivity contribution < 1.29 is 33.7 Å². The van der Waals surface area contributed by atoms with Crippen molar-refractivity contribution in [1.82, 2.24) is 10.2 Å². The van der Waals surface area contributed by atoms with Gasteiger partial charge in [-0.05, 0) is 62.2 Å². The van der Waals surface area contributed by atoms with E-state index in [2.05, 4.69) is 10.2 Å². The number of para-hydroxylation sites is 1. The molecule has 2 saturated heterocycles. The van der Waals surface area contributed by atoms with Gasteiger partial charge < -0.3 is 29.5 Å². The Kier molecular flexibility index (Phi) is 10.5. The molecule has 2 amide bonds. The highest BCUT2D eigenvalue weighted by molar-refractivity contribution is 6.37. The first-order chi connectivity index (χ1) is 18.9. The molecular formula is C28H34ClN3O7. The number of rotatable bonds is 12. The molecule has 2 heterocycles. The molecule has 4 rings (SSSR count). The van der Waals surface area contributed by atoms with Gasteiger partial charge in [0, 0.05) is 24.7 Å². The number of amides is 2. The third-order valence-electron chi connectivity index (χ3n) is 6.76. The minimum Gasteiger partial charge on any atom is -0.494 e. The monoisotopic (exact) mass is 559 g/mol. The lowest BCUT2D eigenvalue weighted by atomic mass is 10.0. The molecular weight excluding hydrogens is 526 g/mol. The Balaban J connectivity index is 1.27. The summed E-state index contributed by atoms with van der Waals surface area (Å²) in [6.45, 7) is 3.65. The molecule has 0 saturated carbocycles. The van der Waals surface area contributed by atoms with E-state index in [4.69, 9.17) is 26.0 Å². The van der Waals surface area contributed by atoms with Crippen molar-refractivity contribution in [3.05, 3.63) is 60.2 Å². The number of anilines is 1. The second-order valence-corrected chi connectivity index (χ2v) is 9.94. The minimum absolute atomic E-state index is 0.0359. The van der Waals surface area contributed by atoms with E-state index in [1.54, 1.807) is 54.6 Å². The number of carboxylic acid groups (broad SMARTS) is 1. The Morgan fingerprint density at radius 2 is 1.72 bits per heavy atom. The van der Waals surface area contributed by atoms with Crippen LogP contribution in [0.25, 0.3) is 0 Å². The number of nitrogens with one attached hydrogen (secondary N) is 1. The van der Waals surface area contributed by atoms with Crippen LogP contribution in [0.1, 0.15) is 31.2 Å². The summed E-state index contributed by atoms with van der Waals surface area (Å²) >= 11 is 6.17. The predicted molar refractivity (Wildman–Crippen MR) is 145 cm³/mol.